The molecular formula is C11H21FN9NaO5S. The molecule has 4 atom stereocenters. The normalized spacial score (nSPS) is 25.0. The molecule has 28 heavy (non-hydrogen) atoms. The van der Waals surface area contributed by atoms with Crippen molar-refractivity contribution in [1.29, 1.82) is 0 Å². The van der Waals surface area contributed by atoms with Crippen LogP contribution in [0.3, 0.4) is 0 Å². The molecule has 0 N–H and O–H groups in total. The molecule has 2 fully saturated rings. The Kier molecular flexibility index (Phi) is 19.6. The van der Waals surface area contributed by atoms with Crippen LogP contribution in [0.5, 0.6) is 0 Å². The fraction of sp³-hybridized carbons (Fsp3) is 1.00. The van der Waals surface area contributed by atoms with Crippen molar-refractivity contribution in [2.45, 2.75) is 25.1 Å². The van der Waals surface area contributed by atoms with Crippen LogP contribution in [0.15, 0.2) is 10.2 Å². The molecular weight excluding hydrogens is 412 g/mol. The Labute approximate surface area is 185 Å². The van der Waals surface area contributed by atoms with E-state index in [0.29, 0.717) is 26.4 Å². The first-order valence-corrected chi connectivity index (χ1v) is 8.98. The average Bonchev–Trinajstić information content (AvgIpc) is 3.19. The van der Waals surface area contributed by atoms with E-state index in [4.69, 9.17) is 37.2 Å². The number of hydrogen-bond donors (Lipinski definition) is 0. The summed E-state index contributed by atoms with van der Waals surface area (Å²) >= 11 is 0. The molecule has 2 saturated heterocycles. The Balaban J connectivity index is -0.000000358. The van der Waals surface area contributed by atoms with Gasteiger partial charge in [0.25, 0.3) is 10.1 Å². The third-order valence-corrected chi connectivity index (χ3v) is 3.61. The van der Waals surface area contributed by atoms with E-state index in [1.807, 2.05) is 6.92 Å². The molecule has 0 bridgehead atoms. The Morgan fingerprint density at radius 1 is 1.07 bits per heavy atom. The second-order valence-corrected chi connectivity index (χ2v) is 6.63. The maximum atomic E-state index is 10.7. The summed E-state index contributed by atoms with van der Waals surface area (Å²) in [5.41, 5.74) is 29.7. The van der Waals surface area contributed by atoms with Crippen LogP contribution >= 0.6 is 0 Å². The summed E-state index contributed by atoms with van der Waals surface area (Å²) in [4.78, 5) is 6.72. The van der Waals surface area contributed by atoms with Gasteiger partial charge in [0, 0.05) is 15.7 Å². The quantitative estimate of drug-likeness (QED) is 0.193. The van der Waals surface area contributed by atoms with Gasteiger partial charge in [-0.25, -0.2) is 0 Å². The molecule has 0 radical (unpaired) electrons. The van der Waals surface area contributed by atoms with Crippen molar-refractivity contribution in [2.24, 2.45) is 16.1 Å². The van der Waals surface area contributed by atoms with Crippen molar-refractivity contribution in [1.82, 2.24) is 0 Å². The number of alkyl halides is 1. The van der Waals surface area contributed by atoms with Crippen LogP contribution in [-0.4, -0.2) is 66.4 Å². The first-order chi connectivity index (χ1) is 13.2. The van der Waals surface area contributed by atoms with Gasteiger partial charge in [-0.3, -0.25) is 13.5 Å². The third-order valence-electron chi connectivity index (χ3n) is 3.02. The van der Waals surface area contributed by atoms with Gasteiger partial charge in [0.1, 0.15) is 6.10 Å². The number of ether oxygens (including phenoxy) is 2. The summed E-state index contributed by atoms with van der Waals surface area (Å²) in [6.07, 6.45) is 0.767. The van der Waals surface area contributed by atoms with E-state index < -0.39 is 17.3 Å². The van der Waals surface area contributed by atoms with Gasteiger partial charge in [-0.2, -0.15) is 8.42 Å². The molecule has 14 nitrogen and oxygen atoms in total. The minimum atomic E-state index is -3.32. The van der Waals surface area contributed by atoms with Crippen LogP contribution in [0.4, 0.5) is 4.39 Å². The minimum absolute atomic E-state index is 0. The number of azide groups is 2. The SMILES string of the molecule is CC1COCC1OS(C)(=O)=O.[2H]CF.[N-]=[N+]=NC1COCC1N=[N+]=[N-].[N-]=[N+]=[N-].[Na+]. The number of hydrogen-bond acceptors (Lipinski definition) is 7. The molecule has 0 saturated carbocycles. The molecule has 0 aromatic heterocycles. The molecule has 4 unspecified atom stereocenters. The summed E-state index contributed by atoms with van der Waals surface area (Å²) < 4.78 is 51.5. The van der Waals surface area contributed by atoms with E-state index in [0.717, 1.165) is 6.26 Å². The third kappa shape index (κ3) is 15.7. The first kappa shape index (κ1) is 28.9. The Morgan fingerprint density at radius 2 is 1.46 bits per heavy atom. The van der Waals surface area contributed by atoms with Crippen LogP contribution in [0.2, 0.25) is 0 Å². The van der Waals surface area contributed by atoms with Crippen LogP contribution in [-0.2, 0) is 23.8 Å². The van der Waals surface area contributed by atoms with Crippen molar-refractivity contribution >= 4 is 10.1 Å². The maximum Gasteiger partial charge on any atom is 1.00 e. The second-order valence-electron chi connectivity index (χ2n) is 5.02. The van der Waals surface area contributed by atoms with E-state index >= 15 is 0 Å². The van der Waals surface area contributed by atoms with Gasteiger partial charge >= 0.3 is 29.6 Å². The Hall–Kier alpha value is -1.31. The van der Waals surface area contributed by atoms with E-state index in [2.05, 4.69) is 20.1 Å². The summed E-state index contributed by atoms with van der Waals surface area (Å²) in [7, 11) is -4.32. The second kappa shape index (κ2) is 19.0. The van der Waals surface area contributed by atoms with Gasteiger partial charge in [0.2, 0.25) is 0 Å². The molecule has 17 heteroatoms. The van der Waals surface area contributed by atoms with Crippen molar-refractivity contribution in [2.75, 3.05) is 39.8 Å². The minimum Gasteiger partial charge on any atom is -0.381 e. The number of rotatable bonds is 4. The Bertz CT molecular complexity index is 648. The van der Waals surface area contributed by atoms with Gasteiger partial charge in [-0.15, -0.1) is 0 Å². The predicted octanol–water partition coefficient (Wildman–Crippen LogP) is -0.172. The zero-order valence-corrected chi connectivity index (χ0v) is 18.5. The summed E-state index contributed by atoms with van der Waals surface area (Å²) in [6, 6.07) is -0.674. The largest absolute Gasteiger partial charge is 1.00 e. The summed E-state index contributed by atoms with van der Waals surface area (Å²) in [5, 5.41) is 6.83. The van der Waals surface area contributed by atoms with Crippen LogP contribution in [0, 0.1) is 5.92 Å². The standard InChI is InChI=1S/C6H12O4S.C4H6N6O.CH3F.N3.Na/c1-5-3-9-4-6(5)10-11(2,7)8;5-9-7-3-1-11-2-4(3)8-10-6;1-2;1-3-2;/h5-6H,3-4H2,1-2H3;3-4H,1-2H2;1H3;;/q;;;-1;+1/i;;1D;;. The van der Waals surface area contributed by atoms with Crippen molar-refractivity contribution in [3.8, 4) is 0 Å². The summed E-state index contributed by atoms with van der Waals surface area (Å²) in [6.45, 7) is 3.55. The molecule has 0 aliphatic carbocycles. The average molecular weight is 434 g/mol. The molecule has 2 rings (SSSR count). The van der Waals surface area contributed by atoms with Crippen LogP contribution in [0.1, 0.15) is 8.29 Å². The van der Waals surface area contributed by atoms with Gasteiger partial charge in [0.05, 0.1) is 53.3 Å². The van der Waals surface area contributed by atoms with Crippen LogP contribution < -0.4 is 29.6 Å². The summed E-state index contributed by atoms with van der Waals surface area (Å²) in [5.74, 6) is 0.171. The number of nitrogens with zero attached hydrogens (tertiary/aromatic N) is 9. The molecule has 2 heterocycles. The van der Waals surface area contributed by atoms with E-state index in [1.54, 1.807) is 0 Å². The molecule has 0 aromatic rings. The van der Waals surface area contributed by atoms with Crippen molar-refractivity contribution < 1.29 is 57.4 Å². The topological polar surface area (TPSA) is 218 Å². The van der Waals surface area contributed by atoms with Crippen molar-refractivity contribution in [3.63, 3.8) is 0 Å². The predicted molar refractivity (Wildman–Crippen MR) is 93.5 cm³/mol. The molecule has 0 spiro atoms. The fourth-order valence-corrected chi connectivity index (χ4v) is 2.57. The van der Waals surface area contributed by atoms with Gasteiger partial charge in [-0.05, 0) is 11.1 Å². The smallest absolute Gasteiger partial charge is 0.381 e. The van der Waals surface area contributed by atoms with Gasteiger partial charge in [-0.1, -0.05) is 17.2 Å². The molecule has 0 aromatic carbocycles. The van der Waals surface area contributed by atoms with E-state index in [9.17, 15) is 12.8 Å². The fourth-order valence-electron chi connectivity index (χ4n) is 1.87. The molecule has 2 aliphatic rings. The van der Waals surface area contributed by atoms with Gasteiger partial charge in [0.15, 0.2) is 0 Å². The monoisotopic (exact) mass is 434 g/mol. The Morgan fingerprint density at radius 3 is 1.75 bits per heavy atom. The zero-order chi connectivity index (χ0) is 22.0. The number of halogens is 1. The van der Waals surface area contributed by atoms with E-state index in [1.165, 1.54) is 4.91 Å². The maximum absolute atomic E-state index is 10.7. The van der Waals surface area contributed by atoms with E-state index in [-0.39, 0.29) is 53.7 Å². The van der Waals surface area contributed by atoms with Gasteiger partial charge < -0.3 is 20.5 Å². The van der Waals surface area contributed by atoms with Crippen LogP contribution in [0.25, 0.3) is 36.9 Å². The molecule has 0 amide bonds. The van der Waals surface area contributed by atoms with Crippen molar-refractivity contribution in [3.05, 3.63) is 36.9 Å². The molecule has 2 aliphatic heterocycles. The zero-order valence-electron chi connectivity index (χ0n) is 16.7. The first-order valence-electron chi connectivity index (χ1n) is 7.87. The molecule has 154 valence electrons.